The van der Waals surface area contributed by atoms with Crippen molar-refractivity contribution in [1.82, 2.24) is 9.62 Å². The lowest BCUT2D eigenvalue weighted by Crippen LogP contribution is -2.42. The van der Waals surface area contributed by atoms with Crippen molar-refractivity contribution in [3.05, 3.63) is 29.8 Å². The smallest absolute Gasteiger partial charge is 0.401 e. The van der Waals surface area contributed by atoms with Gasteiger partial charge < -0.3 is 4.74 Å². The van der Waals surface area contributed by atoms with Crippen LogP contribution in [-0.4, -0.2) is 58.8 Å². The van der Waals surface area contributed by atoms with Gasteiger partial charge in [-0.25, -0.2) is 17.9 Å². The van der Waals surface area contributed by atoms with Gasteiger partial charge in [-0.2, -0.15) is 13.2 Å². The number of likely N-dealkylation sites (tertiary alicyclic amines) is 1. The molecular formula is C16H21F3N2O4S. The fourth-order valence-electron chi connectivity index (χ4n) is 2.80. The third-order valence-corrected chi connectivity index (χ3v) is 5.70. The summed E-state index contributed by atoms with van der Waals surface area (Å²) in [6.07, 6.45) is -3.22. The number of rotatable bonds is 6. The maximum atomic E-state index is 12.4. The van der Waals surface area contributed by atoms with Gasteiger partial charge in [0, 0.05) is 6.54 Å². The molecule has 6 nitrogen and oxygen atoms in total. The molecule has 1 aromatic carbocycles. The van der Waals surface area contributed by atoms with Crippen molar-refractivity contribution in [3.8, 4) is 0 Å². The van der Waals surface area contributed by atoms with Gasteiger partial charge in [0.25, 0.3) is 0 Å². The Kier molecular flexibility index (Phi) is 6.64. The number of nitrogens with zero attached hydrogens (tertiary/aromatic N) is 1. The number of methoxy groups -OCH3 is 1. The molecule has 0 aromatic heterocycles. The molecule has 1 aromatic rings. The van der Waals surface area contributed by atoms with Crippen LogP contribution in [0.4, 0.5) is 13.2 Å². The largest absolute Gasteiger partial charge is 0.465 e. The SMILES string of the molecule is COC(=O)c1ccc(S(=O)(=O)NCC2CCN(CC(F)(F)F)CC2)cc1. The van der Waals surface area contributed by atoms with Crippen molar-refractivity contribution < 1.29 is 31.1 Å². The summed E-state index contributed by atoms with van der Waals surface area (Å²) in [4.78, 5) is 12.7. The van der Waals surface area contributed by atoms with E-state index in [-0.39, 0.29) is 22.9 Å². The van der Waals surface area contributed by atoms with Crippen LogP contribution in [0, 0.1) is 5.92 Å². The molecular weight excluding hydrogens is 373 g/mol. The molecule has 1 aliphatic rings. The second-order valence-electron chi connectivity index (χ2n) is 6.20. The highest BCUT2D eigenvalue weighted by Crippen LogP contribution is 2.22. The second kappa shape index (κ2) is 8.36. The number of esters is 1. The summed E-state index contributed by atoms with van der Waals surface area (Å²) in [7, 11) is -2.52. The maximum absolute atomic E-state index is 12.4. The Morgan fingerprint density at radius 2 is 1.81 bits per heavy atom. The Morgan fingerprint density at radius 1 is 1.23 bits per heavy atom. The highest BCUT2D eigenvalue weighted by molar-refractivity contribution is 7.89. The summed E-state index contributed by atoms with van der Waals surface area (Å²) in [5, 5.41) is 0. The number of sulfonamides is 1. The van der Waals surface area contributed by atoms with Gasteiger partial charge >= 0.3 is 12.1 Å². The van der Waals surface area contributed by atoms with Crippen molar-refractivity contribution in [2.24, 2.45) is 5.92 Å². The maximum Gasteiger partial charge on any atom is 0.401 e. The summed E-state index contributed by atoms with van der Waals surface area (Å²) in [6, 6.07) is 5.33. The van der Waals surface area contributed by atoms with Crippen LogP contribution in [0.1, 0.15) is 23.2 Å². The highest BCUT2D eigenvalue weighted by Gasteiger charge is 2.32. The molecule has 146 valence electrons. The Labute approximate surface area is 150 Å². The minimum Gasteiger partial charge on any atom is -0.465 e. The lowest BCUT2D eigenvalue weighted by molar-refractivity contribution is -0.148. The van der Waals surface area contributed by atoms with Crippen molar-refractivity contribution in [2.75, 3.05) is 33.3 Å². The number of halogens is 3. The molecule has 0 bridgehead atoms. The monoisotopic (exact) mass is 394 g/mol. The first-order valence-corrected chi connectivity index (χ1v) is 9.56. The minimum absolute atomic E-state index is 0.0106. The molecule has 1 aliphatic heterocycles. The zero-order valence-corrected chi connectivity index (χ0v) is 15.1. The summed E-state index contributed by atoms with van der Waals surface area (Å²) in [5.74, 6) is -0.573. The van der Waals surface area contributed by atoms with Gasteiger partial charge in [0.05, 0.1) is 24.1 Å². The minimum atomic E-state index is -4.22. The molecule has 26 heavy (non-hydrogen) atoms. The highest BCUT2D eigenvalue weighted by atomic mass is 32.2. The molecule has 2 rings (SSSR count). The van der Waals surface area contributed by atoms with Crippen LogP contribution in [0.15, 0.2) is 29.2 Å². The van der Waals surface area contributed by atoms with E-state index in [9.17, 15) is 26.4 Å². The summed E-state index contributed by atoms with van der Waals surface area (Å²) in [6.45, 7) is -0.182. The number of nitrogens with one attached hydrogen (secondary N) is 1. The number of piperidine rings is 1. The van der Waals surface area contributed by atoms with E-state index in [1.54, 1.807) is 0 Å². The first-order valence-electron chi connectivity index (χ1n) is 8.08. The summed E-state index contributed by atoms with van der Waals surface area (Å²) >= 11 is 0. The first kappa shape index (κ1) is 20.7. The number of alkyl halides is 3. The van der Waals surface area contributed by atoms with E-state index in [1.165, 1.54) is 36.3 Å². The quantitative estimate of drug-likeness (QED) is 0.748. The van der Waals surface area contributed by atoms with Crippen molar-refractivity contribution in [3.63, 3.8) is 0 Å². The first-order chi connectivity index (χ1) is 12.1. The molecule has 0 unspecified atom stereocenters. The third kappa shape index (κ3) is 5.96. The van der Waals surface area contributed by atoms with E-state index in [0.717, 1.165) is 0 Å². The molecule has 0 spiro atoms. The lowest BCUT2D eigenvalue weighted by Gasteiger charge is -2.32. The number of ether oxygens (including phenoxy) is 1. The number of carbonyl (C=O) groups excluding carboxylic acids is 1. The van der Waals surface area contributed by atoms with Crippen LogP contribution >= 0.6 is 0 Å². The van der Waals surface area contributed by atoms with Crippen LogP contribution in [0.25, 0.3) is 0 Å². The van der Waals surface area contributed by atoms with Gasteiger partial charge in [-0.3, -0.25) is 4.90 Å². The molecule has 0 atom stereocenters. The molecule has 0 aliphatic carbocycles. The average molecular weight is 394 g/mol. The van der Waals surface area contributed by atoms with Crippen molar-refractivity contribution in [1.29, 1.82) is 0 Å². The fraction of sp³-hybridized carbons (Fsp3) is 0.562. The van der Waals surface area contributed by atoms with E-state index in [0.29, 0.717) is 25.9 Å². The van der Waals surface area contributed by atoms with Crippen LogP contribution in [0.2, 0.25) is 0 Å². The zero-order chi connectivity index (χ0) is 19.4. The van der Waals surface area contributed by atoms with Gasteiger partial charge in [-0.1, -0.05) is 0 Å². The summed E-state index contributed by atoms with van der Waals surface area (Å²) in [5.41, 5.74) is 0.239. The molecule has 1 heterocycles. The van der Waals surface area contributed by atoms with Crippen LogP contribution < -0.4 is 4.72 Å². The predicted octanol–water partition coefficient (Wildman–Crippen LogP) is 2.03. The summed E-state index contributed by atoms with van der Waals surface area (Å²) < 4.78 is 68.7. The number of hydrogen-bond acceptors (Lipinski definition) is 5. The van der Waals surface area contributed by atoms with Gasteiger partial charge in [-0.15, -0.1) is 0 Å². The molecule has 0 radical (unpaired) electrons. The standard InChI is InChI=1S/C16H21F3N2O4S/c1-25-15(22)13-2-4-14(5-3-13)26(23,24)20-10-12-6-8-21(9-7-12)11-16(17,18)19/h2-5,12,20H,6-11H2,1H3. The van der Waals surface area contributed by atoms with E-state index in [2.05, 4.69) is 9.46 Å². The number of benzene rings is 1. The topological polar surface area (TPSA) is 75.7 Å². The van der Waals surface area contributed by atoms with E-state index < -0.39 is 28.7 Å². The number of hydrogen-bond donors (Lipinski definition) is 1. The zero-order valence-electron chi connectivity index (χ0n) is 14.3. The predicted molar refractivity (Wildman–Crippen MR) is 88.2 cm³/mol. The molecule has 0 saturated carbocycles. The molecule has 1 saturated heterocycles. The molecule has 0 amide bonds. The number of carbonyl (C=O) groups is 1. The van der Waals surface area contributed by atoms with Gasteiger partial charge in [0.2, 0.25) is 10.0 Å². The van der Waals surface area contributed by atoms with Gasteiger partial charge in [0.15, 0.2) is 0 Å². The normalized spacial score (nSPS) is 17.2. The molecule has 1 N–H and O–H groups in total. The Morgan fingerprint density at radius 3 is 2.31 bits per heavy atom. The van der Waals surface area contributed by atoms with Crippen LogP contribution in [-0.2, 0) is 14.8 Å². The lowest BCUT2D eigenvalue weighted by atomic mass is 9.97. The van der Waals surface area contributed by atoms with Crippen molar-refractivity contribution >= 4 is 16.0 Å². The van der Waals surface area contributed by atoms with Gasteiger partial charge in [0.1, 0.15) is 0 Å². The second-order valence-corrected chi connectivity index (χ2v) is 7.97. The fourth-order valence-corrected chi connectivity index (χ4v) is 3.92. The van der Waals surface area contributed by atoms with Crippen LogP contribution in [0.3, 0.4) is 0 Å². The average Bonchev–Trinajstić information content (AvgIpc) is 2.59. The van der Waals surface area contributed by atoms with E-state index in [4.69, 9.17) is 0 Å². The Hall–Kier alpha value is -1.65. The van der Waals surface area contributed by atoms with E-state index in [1.807, 2.05) is 0 Å². The van der Waals surface area contributed by atoms with Crippen LogP contribution in [0.5, 0.6) is 0 Å². The Balaban J connectivity index is 1.86. The molecule has 1 fully saturated rings. The molecule has 10 heteroatoms. The van der Waals surface area contributed by atoms with E-state index >= 15 is 0 Å². The Bertz CT molecular complexity index is 712. The van der Waals surface area contributed by atoms with Crippen molar-refractivity contribution in [2.45, 2.75) is 23.9 Å². The van der Waals surface area contributed by atoms with Gasteiger partial charge in [-0.05, 0) is 56.1 Å². The third-order valence-electron chi connectivity index (χ3n) is 4.26.